The fourth-order valence-corrected chi connectivity index (χ4v) is 8.87. The van der Waals surface area contributed by atoms with Gasteiger partial charge in [-0.05, 0) is 135 Å². The fourth-order valence-electron chi connectivity index (χ4n) is 8.87. The van der Waals surface area contributed by atoms with Gasteiger partial charge in [0.2, 0.25) is 0 Å². The average Bonchev–Trinajstić information content (AvgIpc) is 3.47. The molecule has 0 amide bonds. The monoisotopic (exact) mass is 1120 g/mol. The van der Waals surface area contributed by atoms with Gasteiger partial charge in [-0.25, -0.2) is 0 Å². The largest absolute Gasteiger partial charge is 0.462 e. The van der Waals surface area contributed by atoms with Gasteiger partial charge in [-0.3, -0.25) is 14.4 Å². The van der Waals surface area contributed by atoms with E-state index < -0.39 is 6.10 Å². The highest BCUT2D eigenvalue weighted by Crippen LogP contribution is 2.15. The predicted molar refractivity (Wildman–Crippen MR) is 352 cm³/mol. The van der Waals surface area contributed by atoms with Crippen LogP contribution in [-0.2, 0) is 28.6 Å². The normalized spacial score (nSPS) is 13.1. The zero-order chi connectivity index (χ0) is 58.5. The van der Waals surface area contributed by atoms with Crippen molar-refractivity contribution in [2.75, 3.05) is 13.2 Å². The zero-order valence-corrected chi connectivity index (χ0v) is 52.5. The summed E-state index contributed by atoms with van der Waals surface area (Å²) in [7, 11) is 0. The molecule has 1 unspecified atom stereocenters. The molecule has 0 radical (unpaired) electrons. The summed E-state index contributed by atoms with van der Waals surface area (Å²) >= 11 is 0. The van der Waals surface area contributed by atoms with Crippen molar-refractivity contribution in [1.82, 2.24) is 0 Å². The molecule has 0 aliphatic heterocycles. The first-order valence-corrected chi connectivity index (χ1v) is 33.3. The van der Waals surface area contributed by atoms with Crippen molar-refractivity contribution in [3.05, 3.63) is 146 Å². The topological polar surface area (TPSA) is 78.9 Å². The Labute approximate surface area is 499 Å². The lowest BCUT2D eigenvalue weighted by Gasteiger charge is -2.18. The Kier molecular flexibility index (Phi) is 63.9. The van der Waals surface area contributed by atoms with Gasteiger partial charge in [-0.2, -0.15) is 0 Å². The Bertz CT molecular complexity index is 1760. The molecular formula is C75H122O6. The van der Waals surface area contributed by atoms with Gasteiger partial charge >= 0.3 is 17.9 Å². The smallest absolute Gasteiger partial charge is 0.306 e. The maximum absolute atomic E-state index is 12.9. The van der Waals surface area contributed by atoms with E-state index in [-0.39, 0.29) is 31.1 Å². The Morgan fingerprint density at radius 1 is 0.259 bits per heavy atom. The molecule has 0 saturated carbocycles. The first kappa shape index (κ1) is 76.3. The summed E-state index contributed by atoms with van der Waals surface area (Å²) in [4.78, 5) is 38.3. The van der Waals surface area contributed by atoms with Crippen LogP contribution in [0.4, 0.5) is 0 Å². The molecule has 81 heavy (non-hydrogen) atoms. The highest BCUT2D eigenvalue weighted by Gasteiger charge is 2.19. The molecule has 0 aromatic heterocycles. The summed E-state index contributed by atoms with van der Waals surface area (Å²) in [5.74, 6) is -0.914. The van der Waals surface area contributed by atoms with Gasteiger partial charge in [0.05, 0.1) is 0 Å². The molecule has 6 nitrogen and oxygen atoms in total. The third kappa shape index (κ3) is 66.0. The van der Waals surface area contributed by atoms with Crippen LogP contribution < -0.4 is 0 Å². The zero-order valence-electron chi connectivity index (χ0n) is 52.5. The van der Waals surface area contributed by atoms with Gasteiger partial charge in [0, 0.05) is 19.3 Å². The Morgan fingerprint density at radius 2 is 0.481 bits per heavy atom. The van der Waals surface area contributed by atoms with Gasteiger partial charge in [0.15, 0.2) is 6.10 Å². The lowest BCUT2D eigenvalue weighted by atomic mass is 10.0. The van der Waals surface area contributed by atoms with E-state index in [1.165, 1.54) is 103 Å². The Hall–Kier alpha value is -4.71. The van der Waals surface area contributed by atoms with Crippen molar-refractivity contribution in [3.8, 4) is 0 Å². The highest BCUT2D eigenvalue weighted by atomic mass is 16.6. The van der Waals surface area contributed by atoms with Crippen molar-refractivity contribution in [2.45, 2.75) is 297 Å². The lowest BCUT2D eigenvalue weighted by Crippen LogP contribution is -2.30. The molecule has 6 heteroatoms. The minimum Gasteiger partial charge on any atom is -0.462 e. The second-order valence-corrected chi connectivity index (χ2v) is 21.6. The van der Waals surface area contributed by atoms with E-state index in [1.807, 2.05) is 0 Å². The van der Waals surface area contributed by atoms with E-state index >= 15 is 0 Å². The lowest BCUT2D eigenvalue weighted by molar-refractivity contribution is -0.167. The fraction of sp³-hybridized carbons (Fsp3) is 0.640. The molecule has 0 aliphatic rings. The molecule has 1 atom stereocenters. The molecule has 0 N–H and O–H groups in total. The van der Waals surface area contributed by atoms with E-state index in [2.05, 4.69) is 167 Å². The Balaban J connectivity index is 4.32. The van der Waals surface area contributed by atoms with E-state index in [9.17, 15) is 14.4 Å². The molecule has 0 bridgehead atoms. The minimum atomic E-state index is -0.795. The molecule has 0 fully saturated rings. The van der Waals surface area contributed by atoms with Crippen LogP contribution in [0, 0.1) is 0 Å². The van der Waals surface area contributed by atoms with Crippen molar-refractivity contribution in [1.29, 1.82) is 0 Å². The summed E-state index contributed by atoms with van der Waals surface area (Å²) in [5, 5.41) is 0. The number of hydrogen-bond donors (Lipinski definition) is 0. The molecule has 0 spiro atoms. The molecule has 458 valence electrons. The van der Waals surface area contributed by atoms with Crippen molar-refractivity contribution in [3.63, 3.8) is 0 Å². The van der Waals surface area contributed by atoms with Crippen LogP contribution >= 0.6 is 0 Å². The minimum absolute atomic E-state index is 0.0913. The molecule has 0 aromatic rings. The van der Waals surface area contributed by atoms with Crippen LogP contribution in [0.25, 0.3) is 0 Å². The highest BCUT2D eigenvalue weighted by molar-refractivity contribution is 5.71. The summed E-state index contributed by atoms with van der Waals surface area (Å²) < 4.78 is 16.9. The van der Waals surface area contributed by atoms with Gasteiger partial charge < -0.3 is 14.2 Å². The maximum atomic E-state index is 12.9. The summed E-state index contributed by atoms with van der Waals surface area (Å²) in [6, 6.07) is 0. The van der Waals surface area contributed by atoms with Crippen LogP contribution in [0.5, 0.6) is 0 Å². The Morgan fingerprint density at radius 3 is 0.765 bits per heavy atom. The maximum Gasteiger partial charge on any atom is 0.306 e. The molecule has 0 aliphatic carbocycles. The van der Waals surface area contributed by atoms with E-state index in [1.54, 1.807) is 0 Å². The van der Waals surface area contributed by atoms with E-state index in [0.29, 0.717) is 19.3 Å². The third-order valence-electron chi connectivity index (χ3n) is 13.8. The van der Waals surface area contributed by atoms with Gasteiger partial charge in [-0.15, -0.1) is 0 Å². The summed E-state index contributed by atoms with van der Waals surface area (Å²) in [6.45, 7) is 6.36. The number of rotatable bonds is 59. The van der Waals surface area contributed by atoms with Crippen LogP contribution in [0.3, 0.4) is 0 Å². The number of carbonyl (C=O) groups is 3. The number of esters is 3. The molecule has 0 aromatic carbocycles. The number of unbranched alkanes of at least 4 members (excludes halogenated alkanes) is 24. The van der Waals surface area contributed by atoms with Crippen LogP contribution in [-0.4, -0.2) is 37.2 Å². The van der Waals surface area contributed by atoms with Crippen LogP contribution in [0.15, 0.2) is 146 Å². The molecular weight excluding hydrogens is 997 g/mol. The van der Waals surface area contributed by atoms with Crippen molar-refractivity contribution in [2.24, 2.45) is 0 Å². The van der Waals surface area contributed by atoms with Crippen LogP contribution in [0.1, 0.15) is 290 Å². The van der Waals surface area contributed by atoms with Gasteiger partial charge in [0.25, 0.3) is 0 Å². The average molecular weight is 1120 g/mol. The first-order chi connectivity index (χ1) is 40.0. The van der Waals surface area contributed by atoms with E-state index in [0.717, 1.165) is 148 Å². The van der Waals surface area contributed by atoms with E-state index in [4.69, 9.17) is 14.2 Å². The molecule has 0 heterocycles. The molecule has 0 saturated heterocycles. The standard InChI is InChI=1S/C75H122O6/c1-4-7-10-13-16-19-22-24-26-28-30-32-34-35-36-37-38-39-41-42-44-46-48-50-53-56-59-62-65-68-74(77)80-71-72(70-79-73(76)67-64-61-58-55-52-21-18-15-12-9-6-3)81-75(78)69-66-63-60-57-54-51-49-47-45-43-40-33-31-29-27-25-23-20-17-14-11-8-5-2/h7-8,10-11,15-20,24-27,30-33,35-36,38-39,42,44,72H,4-6,9,12-14,21-23,28-29,34,37,40-41,43,45-71H2,1-3H3/b10-7-,11-8-,18-15-,19-16-,20-17-,26-24-,27-25-,32-30-,33-31-,36-35-,39-38-,44-42-. The van der Waals surface area contributed by atoms with Crippen LogP contribution in [0.2, 0.25) is 0 Å². The number of carbonyl (C=O) groups excluding carboxylic acids is 3. The van der Waals surface area contributed by atoms with Gasteiger partial charge in [-0.1, -0.05) is 282 Å². The SMILES string of the molecule is CC/C=C\C/C=C\C/C=C\C/C=C\C/C=C\C/C=C\C/C=C\CCCCCCCCCC(=O)OCC(COC(=O)CCCCCCC/C=C\CCCC)OC(=O)CCCCCCCCCCCC/C=C\C/C=C\C/C=C\C/C=C\CC. The predicted octanol–water partition coefficient (Wildman–Crippen LogP) is 23.1. The molecule has 0 rings (SSSR count). The third-order valence-corrected chi connectivity index (χ3v) is 13.8. The number of ether oxygens (including phenoxy) is 3. The first-order valence-electron chi connectivity index (χ1n) is 33.3. The number of allylic oxidation sites excluding steroid dienone is 24. The van der Waals surface area contributed by atoms with Crippen molar-refractivity contribution < 1.29 is 28.6 Å². The summed E-state index contributed by atoms with van der Waals surface area (Å²) in [6.07, 6.45) is 97.1. The second-order valence-electron chi connectivity index (χ2n) is 21.6. The van der Waals surface area contributed by atoms with Gasteiger partial charge in [0.1, 0.15) is 13.2 Å². The number of hydrogen-bond acceptors (Lipinski definition) is 6. The summed E-state index contributed by atoms with van der Waals surface area (Å²) in [5.41, 5.74) is 0. The second kappa shape index (κ2) is 67.8. The quantitative estimate of drug-likeness (QED) is 0.0261. The van der Waals surface area contributed by atoms with Crippen molar-refractivity contribution >= 4 is 17.9 Å².